The molecule has 1 aliphatic rings. The van der Waals surface area contributed by atoms with E-state index in [-0.39, 0.29) is 31.4 Å². The van der Waals surface area contributed by atoms with Gasteiger partial charge >= 0.3 is 5.97 Å². The lowest BCUT2D eigenvalue weighted by molar-refractivity contribution is -0.136. The molecule has 4 rings (SSSR count). The average molecular weight is 560 g/mol. The van der Waals surface area contributed by atoms with Gasteiger partial charge in [-0.2, -0.15) is 0 Å². The molecule has 1 amide bonds. The van der Waals surface area contributed by atoms with Crippen LogP contribution in [0, 0.1) is 5.41 Å². The fourth-order valence-electron chi connectivity index (χ4n) is 4.44. The van der Waals surface area contributed by atoms with Gasteiger partial charge in [0.2, 0.25) is 11.8 Å². The fraction of sp³-hybridized carbons (Fsp3) is 0.407. The van der Waals surface area contributed by atoms with Gasteiger partial charge < -0.3 is 33.7 Å². The van der Waals surface area contributed by atoms with E-state index in [1.807, 2.05) is 19.9 Å². The summed E-state index contributed by atoms with van der Waals surface area (Å²) in [5.74, 6) is -0.663. The molecule has 2 N–H and O–H groups in total. The molecule has 39 heavy (non-hydrogen) atoms. The predicted octanol–water partition coefficient (Wildman–Crippen LogP) is 3.45. The van der Waals surface area contributed by atoms with Crippen LogP contribution >= 0.6 is 11.6 Å². The number of nitrogens with zero attached hydrogens (tertiary/aromatic N) is 3. The van der Waals surface area contributed by atoms with E-state index in [9.17, 15) is 14.7 Å². The summed E-state index contributed by atoms with van der Waals surface area (Å²) in [6.07, 6.45) is -2.52. The van der Waals surface area contributed by atoms with Crippen LogP contribution in [0.5, 0.6) is 11.5 Å². The summed E-state index contributed by atoms with van der Waals surface area (Å²) in [6.45, 7) is 3.69. The second-order valence-electron chi connectivity index (χ2n) is 9.90. The number of carboxylic acids is 1. The number of carbonyl (C=O) groups excluding carboxylic acids is 1. The number of para-hydroxylation sites is 1. The number of rotatable bonds is 10. The SMILES string of the molecule is COc1cccc([C@H]2O[C@H](Cc3nnc(CC(=O)O)o3)C(=O)N(CC(C)(C)CO)c3ccc(Cl)cc32)c1OC. The van der Waals surface area contributed by atoms with E-state index in [0.717, 1.165) is 0 Å². The van der Waals surface area contributed by atoms with Gasteiger partial charge in [0.1, 0.15) is 18.6 Å². The largest absolute Gasteiger partial charge is 0.493 e. The van der Waals surface area contributed by atoms with E-state index in [4.69, 9.17) is 35.3 Å². The maximum absolute atomic E-state index is 14.1. The van der Waals surface area contributed by atoms with Crippen molar-refractivity contribution in [1.29, 1.82) is 0 Å². The molecule has 11 nitrogen and oxygen atoms in total. The Morgan fingerprint density at radius 1 is 1.13 bits per heavy atom. The minimum atomic E-state index is -1.12. The summed E-state index contributed by atoms with van der Waals surface area (Å²) < 4.78 is 23.2. The van der Waals surface area contributed by atoms with Crippen molar-refractivity contribution in [3.8, 4) is 11.5 Å². The third-order valence-corrected chi connectivity index (χ3v) is 6.54. The quantitative estimate of drug-likeness (QED) is 0.379. The lowest BCUT2D eigenvalue weighted by Crippen LogP contribution is -2.46. The lowest BCUT2D eigenvalue weighted by atomic mass is 9.92. The predicted molar refractivity (Wildman–Crippen MR) is 140 cm³/mol. The van der Waals surface area contributed by atoms with Gasteiger partial charge in [-0.3, -0.25) is 9.59 Å². The molecule has 0 radical (unpaired) electrons. The van der Waals surface area contributed by atoms with Gasteiger partial charge in [-0.05, 0) is 24.3 Å². The first-order chi connectivity index (χ1) is 18.6. The fourth-order valence-corrected chi connectivity index (χ4v) is 4.62. The average Bonchev–Trinajstić information content (AvgIpc) is 3.30. The van der Waals surface area contributed by atoms with Crippen molar-refractivity contribution in [3.05, 3.63) is 64.3 Å². The first-order valence-corrected chi connectivity index (χ1v) is 12.6. The molecule has 0 aliphatic carbocycles. The number of aliphatic hydroxyl groups excluding tert-OH is 1. The Hall–Kier alpha value is -3.67. The molecular weight excluding hydrogens is 530 g/mol. The second-order valence-corrected chi connectivity index (χ2v) is 10.3. The normalized spacial score (nSPS) is 17.5. The second kappa shape index (κ2) is 11.6. The van der Waals surface area contributed by atoms with Crippen LogP contribution in [0.15, 0.2) is 40.8 Å². The highest BCUT2D eigenvalue weighted by Crippen LogP contribution is 2.45. The number of methoxy groups -OCH3 is 2. The van der Waals surface area contributed by atoms with Crippen LogP contribution < -0.4 is 14.4 Å². The Labute approximate surface area is 230 Å². The monoisotopic (exact) mass is 559 g/mol. The zero-order chi connectivity index (χ0) is 28.3. The van der Waals surface area contributed by atoms with Crippen molar-refractivity contribution in [2.75, 3.05) is 32.3 Å². The number of aliphatic carboxylic acids is 1. The summed E-state index contributed by atoms with van der Waals surface area (Å²) in [5.41, 5.74) is 1.11. The van der Waals surface area contributed by atoms with Crippen molar-refractivity contribution in [2.45, 2.75) is 38.9 Å². The molecule has 2 aromatic carbocycles. The molecule has 0 bridgehead atoms. The number of carboxylic acid groups (broad SMARTS) is 1. The number of halogens is 1. The number of amides is 1. The molecule has 2 heterocycles. The number of aliphatic hydroxyl groups is 1. The number of ether oxygens (including phenoxy) is 3. The molecule has 0 saturated heterocycles. The van der Waals surface area contributed by atoms with Crippen LogP contribution in [-0.4, -0.2) is 65.8 Å². The highest BCUT2D eigenvalue weighted by Gasteiger charge is 2.40. The first kappa shape index (κ1) is 28.3. The van der Waals surface area contributed by atoms with Crippen molar-refractivity contribution in [2.24, 2.45) is 5.41 Å². The minimum Gasteiger partial charge on any atom is -0.493 e. The minimum absolute atomic E-state index is 0.0475. The molecule has 0 unspecified atom stereocenters. The number of fused-ring (bicyclic) bond motifs is 1. The summed E-state index contributed by atoms with van der Waals surface area (Å²) in [6, 6.07) is 10.5. The van der Waals surface area contributed by atoms with Gasteiger partial charge in [-0.25, -0.2) is 0 Å². The van der Waals surface area contributed by atoms with Crippen molar-refractivity contribution in [3.63, 3.8) is 0 Å². The molecule has 12 heteroatoms. The van der Waals surface area contributed by atoms with Crippen LogP contribution in [0.4, 0.5) is 5.69 Å². The molecule has 1 aromatic heterocycles. The zero-order valence-electron chi connectivity index (χ0n) is 22.0. The Kier molecular flexibility index (Phi) is 8.43. The van der Waals surface area contributed by atoms with Gasteiger partial charge in [-0.1, -0.05) is 37.6 Å². The van der Waals surface area contributed by atoms with Crippen molar-refractivity contribution in [1.82, 2.24) is 10.2 Å². The Balaban J connectivity index is 1.87. The highest BCUT2D eigenvalue weighted by atomic mass is 35.5. The third kappa shape index (κ3) is 6.16. The van der Waals surface area contributed by atoms with Gasteiger partial charge in [-0.15, -0.1) is 10.2 Å². The molecular formula is C27H30ClN3O8. The molecule has 2 atom stereocenters. The van der Waals surface area contributed by atoms with E-state index < -0.39 is 35.9 Å². The lowest BCUT2D eigenvalue weighted by Gasteiger charge is -2.32. The van der Waals surface area contributed by atoms with Crippen LogP contribution in [-0.2, 0) is 27.2 Å². The molecule has 1 aliphatic heterocycles. The maximum Gasteiger partial charge on any atom is 0.312 e. The van der Waals surface area contributed by atoms with Crippen LogP contribution in [0.25, 0.3) is 0 Å². The number of aromatic nitrogens is 2. The third-order valence-electron chi connectivity index (χ3n) is 6.31. The molecule has 0 spiro atoms. The maximum atomic E-state index is 14.1. The Morgan fingerprint density at radius 2 is 1.87 bits per heavy atom. The number of benzene rings is 2. The van der Waals surface area contributed by atoms with E-state index in [1.165, 1.54) is 14.2 Å². The van der Waals surface area contributed by atoms with Crippen LogP contribution in [0.2, 0.25) is 5.02 Å². The summed E-state index contributed by atoms with van der Waals surface area (Å²) >= 11 is 6.43. The first-order valence-electron chi connectivity index (χ1n) is 12.2. The summed E-state index contributed by atoms with van der Waals surface area (Å²) in [7, 11) is 3.04. The van der Waals surface area contributed by atoms with Gasteiger partial charge in [0.15, 0.2) is 11.5 Å². The topological polar surface area (TPSA) is 144 Å². The molecule has 3 aromatic rings. The van der Waals surface area contributed by atoms with E-state index in [0.29, 0.717) is 33.3 Å². The smallest absolute Gasteiger partial charge is 0.312 e. The standard InChI is InChI=1S/C27H30ClN3O8/c1-27(2,14-32)13-31-18-9-8-15(28)10-17(18)24(16-6-5-7-19(36-3)25(16)37-4)38-20(26(31)35)11-21-29-30-22(39-21)12-23(33)34/h5-10,20,24,32H,11-14H2,1-4H3,(H,33,34)/t20-,24-/m1/s1. The Morgan fingerprint density at radius 3 is 2.54 bits per heavy atom. The van der Waals surface area contributed by atoms with Gasteiger partial charge in [0.25, 0.3) is 5.91 Å². The van der Waals surface area contributed by atoms with E-state index in [2.05, 4.69) is 10.2 Å². The number of hydrogen-bond acceptors (Lipinski definition) is 9. The molecule has 0 saturated carbocycles. The Bertz CT molecular complexity index is 1360. The van der Waals surface area contributed by atoms with Crippen LogP contribution in [0.3, 0.4) is 0 Å². The van der Waals surface area contributed by atoms with Crippen molar-refractivity contribution >= 4 is 29.2 Å². The highest BCUT2D eigenvalue weighted by molar-refractivity contribution is 6.30. The van der Waals surface area contributed by atoms with Crippen molar-refractivity contribution < 1.29 is 38.4 Å². The summed E-state index contributed by atoms with van der Waals surface area (Å²) in [4.78, 5) is 26.7. The zero-order valence-corrected chi connectivity index (χ0v) is 22.8. The van der Waals surface area contributed by atoms with E-state index >= 15 is 0 Å². The van der Waals surface area contributed by atoms with E-state index in [1.54, 1.807) is 35.2 Å². The van der Waals surface area contributed by atoms with Crippen LogP contribution in [0.1, 0.15) is 42.9 Å². The number of hydrogen-bond donors (Lipinski definition) is 2. The summed E-state index contributed by atoms with van der Waals surface area (Å²) in [5, 5.41) is 27.2. The van der Waals surface area contributed by atoms with Gasteiger partial charge in [0.05, 0.1) is 20.6 Å². The number of carbonyl (C=O) groups is 2. The van der Waals surface area contributed by atoms with Gasteiger partial charge in [0, 0.05) is 40.4 Å². The molecule has 0 fully saturated rings. The molecule has 208 valence electrons. The number of anilines is 1.